The maximum atomic E-state index is 13.1. The second-order valence-corrected chi connectivity index (χ2v) is 8.28. The van der Waals surface area contributed by atoms with Crippen molar-refractivity contribution < 1.29 is 23.9 Å². The highest BCUT2D eigenvalue weighted by Crippen LogP contribution is 2.38. The van der Waals surface area contributed by atoms with Crippen molar-refractivity contribution in [2.24, 2.45) is 0 Å². The van der Waals surface area contributed by atoms with E-state index in [-0.39, 0.29) is 25.0 Å². The smallest absolute Gasteiger partial charge is 0.338 e. The van der Waals surface area contributed by atoms with E-state index < -0.39 is 5.97 Å². The van der Waals surface area contributed by atoms with Crippen LogP contribution in [0.3, 0.4) is 0 Å². The number of benzene rings is 3. The number of anilines is 2. The molecule has 0 bridgehead atoms. The molecule has 37 heavy (non-hydrogen) atoms. The lowest BCUT2D eigenvalue weighted by molar-refractivity contribution is -0.142. The molecular weight excluding hydrogens is 470 g/mol. The summed E-state index contributed by atoms with van der Waals surface area (Å²) >= 11 is 0. The van der Waals surface area contributed by atoms with Crippen molar-refractivity contribution in [2.45, 2.75) is 20.4 Å². The third kappa shape index (κ3) is 6.23. The monoisotopic (exact) mass is 499 g/mol. The van der Waals surface area contributed by atoms with Crippen LogP contribution in [0.2, 0.25) is 0 Å². The minimum atomic E-state index is -0.435. The molecule has 0 radical (unpaired) electrons. The molecule has 3 N–H and O–H groups in total. The Labute approximate surface area is 215 Å². The van der Waals surface area contributed by atoms with Crippen LogP contribution in [-0.4, -0.2) is 37.6 Å². The van der Waals surface area contributed by atoms with Gasteiger partial charge in [0, 0.05) is 17.8 Å². The third-order valence-electron chi connectivity index (χ3n) is 5.71. The highest BCUT2D eigenvalue weighted by Gasteiger charge is 2.29. The van der Waals surface area contributed by atoms with Gasteiger partial charge in [0.1, 0.15) is 0 Å². The van der Waals surface area contributed by atoms with Crippen LogP contribution in [0, 0.1) is 0 Å². The van der Waals surface area contributed by atoms with E-state index in [1.807, 2.05) is 54.6 Å². The number of hydrogen-bond donors (Lipinski definition) is 3. The van der Waals surface area contributed by atoms with E-state index in [2.05, 4.69) is 16.0 Å². The van der Waals surface area contributed by atoms with Crippen LogP contribution in [-0.2, 0) is 25.6 Å². The summed E-state index contributed by atoms with van der Waals surface area (Å²) in [5.41, 5.74) is 5.40. The number of esters is 2. The Morgan fingerprint density at radius 3 is 2.30 bits per heavy atom. The molecule has 8 nitrogen and oxygen atoms in total. The molecule has 1 amide bonds. The Balaban J connectivity index is 1.61. The van der Waals surface area contributed by atoms with E-state index in [1.165, 1.54) is 0 Å². The first-order valence-electron chi connectivity index (χ1n) is 12.1. The molecule has 0 spiro atoms. The van der Waals surface area contributed by atoms with Gasteiger partial charge in [-0.3, -0.25) is 9.59 Å². The molecule has 0 fully saturated rings. The Kier molecular flexibility index (Phi) is 8.33. The van der Waals surface area contributed by atoms with Crippen LogP contribution in [0.25, 0.3) is 11.3 Å². The number of ether oxygens (including phenoxy) is 2. The molecule has 190 valence electrons. The van der Waals surface area contributed by atoms with Crippen molar-refractivity contribution in [1.29, 1.82) is 0 Å². The number of hydrogen-bond acceptors (Lipinski definition) is 7. The van der Waals surface area contributed by atoms with E-state index in [1.54, 1.807) is 32.0 Å². The van der Waals surface area contributed by atoms with Crippen molar-refractivity contribution >= 4 is 40.5 Å². The van der Waals surface area contributed by atoms with Gasteiger partial charge in [-0.05, 0) is 49.2 Å². The normalized spacial score (nSPS) is 13.4. The van der Waals surface area contributed by atoms with Crippen LogP contribution in [0.1, 0.15) is 40.9 Å². The van der Waals surface area contributed by atoms with Crippen molar-refractivity contribution in [3.63, 3.8) is 0 Å². The fraction of sp³-hybridized carbons (Fsp3) is 0.207. The van der Waals surface area contributed by atoms with Gasteiger partial charge in [0.05, 0.1) is 42.3 Å². The zero-order chi connectivity index (χ0) is 26.2. The topological polar surface area (TPSA) is 106 Å². The summed E-state index contributed by atoms with van der Waals surface area (Å²) in [7, 11) is 0. The van der Waals surface area contributed by atoms with E-state index >= 15 is 0 Å². The first kappa shape index (κ1) is 25.7. The molecule has 4 rings (SSSR count). The molecule has 0 saturated carbocycles. The van der Waals surface area contributed by atoms with Gasteiger partial charge in [0.2, 0.25) is 0 Å². The van der Waals surface area contributed by atoms with Crippen LogP contribution in [0.5, 0.6) is 0 Å². The summed E-state index contributed by atoms with van der Waals surface area (Å²) in [6, 6.07) is 22.4. The zero-order valence-corrected chi connectivity index (χ0v) is 20.8. The number of nitrogens with one attached hydrogen (secondary N) is 3. The summed E-state index contributed by atoms with van der Waals surface area (Å²) in [6.45, 7) is 4.81. The average molecular weight is 500 g/mol. The summed E-state index contributed by atoms with van der Waals surface area (Å²) in [4.78, 5) is 36.8. The fourth-order valence-electron chi connectivity index (χ4n) is 4.02. The van der Waals surface area contributed by atoms with Crippen LogP contribution in [0.4, 0.5) is 11.4 Å². The number of fused-ring (bicyclic) bond motifs is 1. The van der Waals surface area contributed by atoms with Gasteiger partial charge < -0.3 is 25.4 Å². The molecule has 0 aliphatic carbocycles. The Morgan fingerprint density at radius 1 is 0.865 bits per heavy atom. The largest absolute Gasteiger partial charge is 0.465 e. The summed E-state index contributed by atoms with van der Waals surface area (Å²) in [5.74, 6) is -0.984. The Hall–Kier alpha value is -4.43. The predicted molar refractivity (Wildman–Crippen MR) is 143 cm³/mol. The van der Waals surface area contributed by atoms with Crippen molar-refractivity contribution in [3.8, 4) is 0 Å². The Bertz CT molecular complexity index is 1320. The second-order valence-electron chi connectivity index (χ2n) is 8.28. The van der Waals surface area contributed by atoms with Gasteiger partial charge in [-0.1, -0.05) is 48.5 Å². The minimum absolute atomic E-state index is 0.143. The molecule has 1 aliphatic rings. The molecular formula is C29H29N3O5. The summed E-state index contributed by atoms with van der Waals surface area (Å²) < 4.78 is 10.0. The van der Waals surface area contributed by atoms with E-state index in [0.717, 1.165) is 16.8 Å². The standard InChI is InChI=1S/C29H29N3O5/c1-3-36-25(33)18-30-17-19-10-13-22(14-11-19)31-27(20-8-6-5-7-9-20)26-23-15-12-21(29(35)37-4-2)16-24(23)32-28(26)34/h5-16,30-31H,3-4,17-18H2,1-2H3,(H,32,34)/b27-26-. The van der Waals surface area contributed by atoms with Gasteiger partial charge in [0.15, 0.2) is 0 Å². The predicted octanol–water partition coefficient (Wildman–Crippen LogP) is 4.45. The Morgan fingerprint density at radius 2 is 1.59 bits per heavy atom. The SMILES string of the molecule is CCOC(=O)CNCc1ccc(N/C(=C2\C(=O)Nc3cc(C(=O)OCC)ccc32)c2ccccc2)cc1. The zero-order valence-electron chi connectivity index (χ0n) is 20.8. The van der Waals surface area contributed by atoms with Crippen molar-refractivity contribution in [3.05, 3.63) is 95.1 Å². The molecule has 0 saturated heterocycles. The molecule has 3 aromatic rings. The van der Waals surface area contributed by atoms with Gasteiger partial charge >= 0.3 is 11.9 Å². The van der Waals surface area contributed by atoms with E-state index in [4.69, 9.17) is 9.47 Å². The maximum absolute atomic E-state index is 13.1. The highest BCUT2D eigenvalue weighted by atomic mass is 16.5. The summed E-state index contributed by atoms with van der Waals surface area (Å²) in [5, 5.41) is 9.36. The van der Waals surface area contributed by atoms with Crippen LogP contribution >= 0.6 is 0 Å². The lowest BCUT2D eigenvalue weighted by atomic mass is 9.99. The molecule has 3 aromatic carbocycles. The molecule has 0 aromatic heterocycles. The van der Waals surface area contributed by atoms with Gasteiger partial charge in [-0.25, -0.2) is 4.79 Å². The molecule has 1 aliphatic heterocycles. The average Bonchev–Trinajstić information content (AvgIpc) is 3.23. The van der Waals surface area contributed by atoms with Crippen LogP contribution in [0.15, 0.2) is 72.8 Å². The lowest BCUT2D eigenvalue weighted by Crippen LogP contribution is -2.24. The molecule has 1 heterocycles. The quantitative estimate of drug-likeness (QED) is 0.280. The third-order valence-corrected chi connectivity index (χ3v) is 5.71. The van der Waals surface area contributed by atoms with E-state index in [9.17, 15) is 14.4 Å². The first-order valence-corrected chi connectivity index (χ1v) is 12.1. The fourth-order valence-corrected chi connectivity index (χ4v) is 4.02. The molecule has 0 unspecified atom stereocenters. The number of amides is 1. The molecule has 8 heteroatoms. The lowest BCUT2D eigenvalue weighted by Gasteiger charge is -2.15. The van der Waals surface area contributed by atoms with Crippen molar-refractivity contribution in [1.82, 2.24) is 5.32 Å². The highest BCUT2D eigenvalue weighted by molar-refractivity contribution is 6.37. The number of carbonyl (C=O) groups is 3. The maximum Gasteiger partial charge on any atom is 0.338 e. The van der Waals surface area contributed by atoms with Gasteiger partial charge in [-0.15, -0.1) is 0 Å². The second kappa shape index (κ2) is 12.0. The van der Waals surface area contributed by atoms with Crippen molar-refractivity contribution in [2.75, 3.05) is 30.4 Å². The van der Waals surface area contributed by atoms with Gasteiger partial charge in [-0.2, -0.15) is 0 Å². The minimum Gasteiger partial charge on any atom is -0.465 e. The summed E-state index contributed by atoms with van der Waals surface area (Å²) in [6.07, 6.45) is 0. The molecule has 0 atom stereocenters. The first-order chi connectivity index (χ1) is 18.0. The number of rotatable bonds is 10. The number of carbonyl (C=O) groups excluding carboxylic acids is 3. The van der Waals surface area contributed by atoms with E-state index in [0.29, 0.717) is 41.2 Å². The van der Waals surface area contributed by atoms with Crippen LogP contribution < -0.4 is 16.0 Å². The van der Waals surface area contributed by atoms with Gasteiger partial charge in [0.25, 0.3) is 5.91 Å².